The van der Waals surface area contributed by atoms with Crippen LogP contribution in [0.2, 0.25) is 10.0 Å². The second-order valence-electron chi connectivity index (χ2n) is 5.31. The summed E-state index contributed by atoms with van der Waals surface area (Å²) in [5.74, 6) is -0.950. The Balaban J connectivity index is 2.03. The van der Waals surface area contributed by atoms with E-state index in [1.807, 2.05) is 0 Å². The first kappa shape index (κ1) is 19.2. The molecular formula is C17H13Cl2N3O4S. The molecule has 0 saturated carbocycles. The van der Waals surface area contributed by atoms with Gasteiger partial charge >= 0.3 is 5.97 Å². The van der Waals surface area contributed by atoms with Crippen LogP contribution in [0.15, 0.2) is 34.4 Å². The minimum atomic E-state index is -0.667. The number of furan rings is 1. The van der Waals surface area contributed by atoms with E-state index in [1.165, 1.54) is 6.08 Å². The lowest BCUT2D eigenvalue weighted by Crippen LogP contribution is -2.21. The Labute approximate surface area is 169 Å². The van der Waals surface area contributed by atoms with E-state index in [9.17, 15) is 9.59 Å². The van der Waals surface area contributed by atoms with Crippen LogP contribution >= 0.6 is 35.4 Å². The summed E-state index contributed by atoms with van der Waals surface area (Å²) in [6.45, 7) is 1.83. The lowest BCUT2D eigenvalue weighted by Gasteiger charge is -2.06. The maximum atomic E-state index is 12.3. The van der Waals surface area contributed by atoms with Crippen molar-refractivity contribution in [2.75, 3.05) is 11.9 Å². The van der Waals surface area contributed by atoms with Crippen LogP contribution in [0, 0.1) is 0 Å². The quantitative estimate of drug-likeness (QED) is 0.380. The highest BCUT2D eigenvalue weighted by Gasteiger charge is 2.28. The van der Waals surface area contributed by atoms with Gasteiger partial charge in [-0.05, 0) is 37.3 Å². The average molecular weight is 426 g/mol. The van der Waals surface area contributed by atoms with Crippen molar-refractivity contribution >= 4 is 70.1 Å². The number of carbonyl (C=O) groups is 2. The predicted molar refractivity (Wildman–Crippen MR) is 106 cm³/mol. The van der Waals surface area contributed by atoms with Crippen LogP contribution in [0.1, 0.15) is 23.0 Å². The molecular weight excluding hydrogens is 413 g/mol. The zero-order valence-corrected chi connectivity index (χ0v) is 16.2. The second-order valence-corrected chi connectivity index (χ2v) is 6.53. The molecule has 0 radical (unpaired) electrons. The van der Waals surface area contributed by atoms with Crippen LogP contribution in [0.3, 0.4) is 0 Å². The molecule has 140 valence electrons. The van der Waals surface area contributed by atoms with Crippen LogP contribution in [-0.4, -0.2) is 23.6 Å². The number of rotatable bonds is 5. The first-order chi connectivity index (χ1) is 12.9. The van der Waals surface area contributed by atoms with Crippen molar-refractivity contribution in [2.45, 2.75) is 6.92 Å². The van der Waals surface area contributed by atoms with Crippen molar-refractivity contribution in [3.63, 3.8) is 0 Å². The van der Waals surface area contributed by atoms with Crippen molar-refractivity contribution in [1.29, 1.82) is 0 Å². The topological polar surface area (TPSA) is 92.6 Å². The van der Waals surface area contributed by atoms with E-state index >= 15 is 0 Å². The molecule has 1 aliphatic rings. The van der Waals surface area contributed by atoms with Gasteiger partial charge in [0.25, 0.3) is 5.91 Å². The fourth-order valence-electron chi connectivity index (χ4n) is 2.31. The van der Waals surface area contributed by atoms with Crippen molar-refractivity contribution in [3.8, 4) is 0 Å². The Morgan fingerprint density at radius 2 is 2.15 bits per heavy atom. The van der Waals surface area contributed by atoms with Gasteiger partial charge in [-0.15, -0.1) is 0 Å². The fourth-order valence-corrected chi connectivity index (χ4v) is 2.95. The third-order valence-corrected chi connectivity index (χ3v) is 4.25. The summed E-state index contributed by atoms with van der Waals surface area (Å²) < 4.78 is 10.7. The number of hydrogen-bond acceptors (Lipinski definition) is 6. The molecule has 3 N–H and O–H groups in total. The van der Waals surface area contributed by atoms with E-state index in [1.54, 1.807) is 31.2 Å². The first-order valence-corrected chi connectivity index (χ1v) is 8.91. The Morgan fingerprint density at radius 1 is 1.37 bits per heavy atom. The third kappa shape index (κ3) is 4.24. The number of carbonyl (C=O) groups excluding carboxylic acids is 2. The number of halogens is 2. The lowest BCUT2D eigenvalue weighted by molar-refractivity contribution is -0.115. The Kier molecular flexibility index (Phi) is 5.69. The zero-order valence-electron chi connectivity index (χ0n) is 13.9. The summed E-state index contributed by atoms with van der Waals surface area (Å²) in [6, 6.07) is 6.82. The first-order valence-electron chi connectivity index (χ1n) is 7.75. The van der Waals surface area contributed by atoms with Gasteiger partial charge in [0.2, 0.25) is 5.88 Å². The van der Waals surface area contributed by atoms with Gasteiger partial charge in [0.05, 0.1) is 6.61 Å². The fraction of sp³-hybridized carbons (Fsp3) is 0.118. The summed E-state index contributed by atoms with van der Waals surface area (Å²) in [5, 5.41) is 8.71. The van der Waals surface area contributed by atoms with E-state index < -0.39 is 11.9 Å². The molecule has 2 heterocycles. The summed E-state index contributed by atoms with van der Waals surface area (Å²) in [4.78, 5) is 24.2. The van der Waals surface area contributed by atoms with Crippen LogP contribution < -0.4 is 16.0 Å². The number of esters is 1. The number of nitrogens with one attached hydrogen (secondary N) is 3. The highest BCUT2D eigenvalue weighted by molar-refractivity contribution is 7.80. The van der Waals surface area contributed by atoms with Gasteiger partial charge in [-0.2, -0.15) is 0 Å². The monoisotopic (exact) mass is 425 g/mol. The molecule has 1 amide bonds. The summed E-state index contributed by atoms with van der Waals surface area (Å²) >= 11 is 17.2. The molecule has 1 aromatic heterocycles. The number of amides is 1. The third-order valence-electron chi connectivity index (χ3n) is 3.43. The normalized spacial score (nSPS) is 14.9. The van der Waals surface area contributed by atoms with Gasteiger partial charge in [0.15, 0.2) is 10.9 Å². The SMILES string of the molecule is CCOC(=O)c1c(Nc2cccc(Cl)c2)oc(/C=C2/NC(=S)NC2=O)c1Cl. The predicted octanol–water partition coefficient (Wildman–Crippen LogP) is 3.85. The smallest absolute Gasteiger partial charge is 0.345 e. The lowest BCUT2D eigenvalue weighted by atomic mass is 10.2. The summed E-state index contributed by atoms with van der Waals surface area (Å²) in [7, 11) is 0. The molecule has 0 spiro atoms. The van der Waals surface area contributed by atoms with Crippen molar-refractivity contribution < 1.29 is 18.7 Å². The molecule has 27 heavy (non-hydrogen) atoms. The molecule has 1 fully saturated rings. The molecule has 1 saturated heterocycles. The van der Waals surface area contributed by atoms with Crippen molar-refractivity contribution in [2.24, 2.45) is 0 Å². The Bertz CT molecular complexity index is 971. The van der Waals surface area contributed by atoms with E-state index in [0.717, 1.165) is 0 Å². The van der Waals surface area contributed by atoms with Gasteiger partial charge < -0.3 is 19.8 Å². The molecule has 1 aliphatic heterocycles. The molecule has 1 aromatic carbocycles. The Morgan fingerprint density at radius 3 is 2.78 bits per heavy atom. The highest BCUT2D eigenvalue weighted by atomic mass is 35.5. The number of ether oxygens (including phenoxy) is 1. The van der Waals surface area contributed by atoms with Crippen LogP contribution in [-0.2, 0) is 9.53 Å². The number of hydrogen-bond donors (Lipinski definition) is 3. The maximum absolute atomic E-state index is 12.3. The van der Waals surface area contributed by atoms with Crippen LogP contribution in [0.25, 0.3) is 6.08 Å². The van der Waals surface area contributed by atoms with Crippen molar-refractivity contribution in [3.05, 3.63) is 51.3 Å². The number of benzene rings is 1. The highest BCUT2D eigenvalue weighted by Crippen LogP contribution is 2.36. The summed E-state index contributed by atoms with van der Waals surface area (Å²) in [6.07, 6.45) is 1.35. The van der Waals surface area contributed by atoms with Crippen LogP contribution in [0.5, 0.6) is 0 Å². The Hall–Kier alpha value is -2.55. The second kappa shape index (κ2) is 7.99. The average Bonchev–Trinajstić information content (AvgIpc) is 3.07. The maximum Gasteiger partial charge on any atom is 0.345 e. The molecule has 2 aromatic rings. The molecule has 0 bridgehead atoms. The number of anilines is 2. The number of thiocarbonyl (C=S) groups is 1. The zero-order chi connectivity index (χ0) is 19.6. The molecule has 7 nitrogen and oxygen atoms in total. The molecule has 10 heteroatoms. The minimum absolute atomic E-state index is 0.00195. The molecule has 0 atom stereocenters. The standard InChI is InChI=1S/C17H13Cl2N3O4S/c1-2-25-16(24)12-13(19)11(7-10-14(23)22-17(27)21-10)26-15(12)20-9-5-3-4-8(18)6-9/h3-7,20H,2H2,1H3,(H2,21,22,23,27)/b10-7+. The molecule has 0 aliphatic carbocycles. The van der Waals surface area contributed by atoms with E-state index in [0.29, 0.717) is 10.7 Å². The van der Waals surface area contributed by atoms with E-state index in [2.05, 4.69) is 16.0 Å². The van der Waals surface area contributed by atoms with Gasteiger partial charge in [-0.3, -0.25) is 10.1 Å². The van der Waals surface area contributed by atoms with E-state index in [-0.39, 0.29) is 39.6 Å². The summed E-state index contributed by atoms with van der Waals surface area (Å²) in [5.41, 5.74) is 0.724. The van der Waals surface area contributed by atoms with Gasteiger partial charge in [0, 0.05) is 16.8 Å². The van der Waals surface area contributed by atoms with Gasteiger partial charge in [-0.25, -0.2) is 4.79 Å². The van der Waals surface area contributed by atoms with Gasteiger partial charge in [-0.1, -0.05) is 29.3 Å². The largest absolute Gasteiger partial charge is 0.462 e. The minimum Gasteiger partial charge on any atom is -0.462 e. The van der Waals surface area contributed by atoms with E-state index in [4.69, 9.17) is 44.6 Å². The molecule has 3 rings (SSSR count). The van der Waals surface area contributed by atoms with Gasteiger partial charge in [0.1, 0.15) is 16.3 Å². The van der Waals surface area contributed by atoms with Crippen molar-refractivity contribution in [1.82, 2.24) is 10.6 Å². The molecule has 0 unspecified atom stereocenters. The van der Waals surface area contributed by atoms with Crippen LogP contribution in [0.4, 0.5) is 11.6 Å².